The third kappa shape index (κ3) is 2.44. The summed E-state index contributed by atoms with van der Waals surface area (Å²) < 4.78 is 10.6. The van der Waals surface area contributed by atoms with Crippen molar-refractivity contribution < 1.29 is 19.1 Å². The van der Waals surface area contributed by atoms with Crippen LogP contribution in [0.2, 0.25) is 0 Å². The van der Waals surface area contributed by atoms with Crippen LogP contribution in [-0.2, 0) is 0 Å². The fourth-order valence-electron chi connectivity index (χ4n) is 2.88. The summed E-state index contributed by atoms with van der Waals surface area (Å²) in [5.41, 5.74) is 1.96. The van der Waals surface area contributed by atoms with Gasteiger partial charge in [0, 0.05) is 6.54 Å². The van der Waals surface area contributed by atoms with Gasteiger partial charge in [-0.3, -0.25) is 14.5 Å². The predicted molar refractivity (Wildman–Crippen MR) is 88.0 cm³/mol. The number of nitrogens with zero attached hydrogens (tertiary/aromatic N) is 1. The first kappa shape index (κ1) is 14.5. The average molecular weight is 321 g/mol. The van der Waals surface area contributed by atoms with E-state index in [2.05, 4.69) is 0 Å². The van der Waals surface area contributed by atoms with Crippen molar-refractivity contribution in [3.8, 4) is 11.5 Å². The van der Waals surface area contributed by atoms with E-state index in [-0.39, 0.29) is 18.6 Å². The highest BCUT2D eigenvalue weighted by Crippen LogP contribution is 2.32. The highest BCUT2D eigenvalue weighted by Gasteiger charge is 2.34. The second-order valence-corrected chi connectivity index (χ2v) is 5.61. The van der Waals surface area contributed by atoms with Gasteiger partial charge in [-0.25, -0.2) is 0 Å². The lowest BCUT2D eigenvalue weighted by Gasteiger charge is -2.11. The second-order valence-electron chi connectivity index (χ2n) is 5.61. The third-order valence-corrected chi connectivity index (χ3v) is 4.10. The molecule has 0 saturated heterocycles. The number of ether oxygens (including phenoxy) is 2. The smallest absolute Gasteiger partial charge is 0.261 e. The molecule has 0 fully saturated rings. The van der Waals surface area contributed by atoms with Gasteiger partial charge in [0.1, 0.15) is 0 Å². The summed E-state index contributed by atoms with van der Waals surface area (Å²) in [6, 6.07) is 12.6. The Balaban J connectivity index is 1.40. The molecule has 0 aromatic heterocycles. The predicted octanol–water partition coefficient (Wildman–Crippen LogP) is 3.11. The summed E-state index contributed by atoms with van der Waals surface area (Å²) in [6.45, 7) is 0.621. The Hall–Kier alpha value is -3.08. The molecule has 4 rings (SSSR count). The van der Waals surface area contributed by atoms with Crippen molar-refractivity contribution in [1.29, 1.82) is 0 Å². The SMILES string of the molecule is O=C1c2ccccc2C(=O)N1CC/C=C/c1ccc2c(c1)OCO2. The van der Waals surface area contributed by atoms with Crippen LogP contribution >= 0.6 is 0 Å². The molecule has 0 radical (unpaired) electrons. The molecule has 2 amide bonds. The highest BCUT2D eigenvalue weighted by atomic mass is 16.7. The number of benzene rings is 2. The van der Waals surface area contributed by atoms with E-state index in [4.69, 9.17) is 9.47 Å². The average Bonchev–Trinajstić information content (AvgIpc) is 3.16. The molecule has 2 aromatic carbocycles. The molecule has 24 heavy (non-hydrogen) atoms. The fourth-order valence-corrected chi connectivity index (χ4v) is 2.88. The van der Waals surface area contributed by atoms with Gasteiger partial charge in [0.05, 0.1) is 11.1 Å². The van der Waals surface area contributed by atoms with Crippen LogP contribution < -0.4 is 9.47 Å². The van der Waals surface area contributed by atoms with Crippen molar-refractivity contribution >= 4 is 17.9 Å². The minimum Gasteiger partial charge on any atom is -0.454 e. The van der Waals surface area contributed by atoms with Crippen LogP contribution in [0.4, 0.5) is 0 Å². The van der Waals surface area contributed by atoms with Crippen LogP contribution in [0.25, 0.3) is 6.08 Å². The quantitative estimate of drug-likeness (QED) is 0.812. The molecule has 2 aromatic rings. The summed E-state index contributed by atoms with van der Waals surface area (Å²) in [7, 11) is 0. The van der Waals surface area contributed by atoms with Gasteiger partial charge >= 0.3 is 0 Å². The zero-order valence-corrected chi connectivity index (χ0v) is 12.9. The molecular formula is C19H15NO4. The van der Waals surface area contributed by atoms with E-state index in [9.17, 15) is 9.59 Å². The monoisotopic (exact) mass is 321 g/mol. The molecule has 2 aliphatic rings. The molecule has 2 aliphatic heterocycles. The van der Waals surface area contributed by atoms with Gasteiger partial charge in [0.25, 0.3) is 11.8 Å². The molecular weight excluding hydrogens is 306 g/mol. The van der Waals surface area contributed by atoms with Crippen LogP contribution in [0.1, 0.15) is 32.7 Å². The topological polar surface area (TPSA) is 55.8 Å². The first-order chi connectivity index (χ1) is 11.7. The largest absolute Gasteiger partial charge is 0.454 e. The van der Waals surface area contributed by atoms with Gasteiger partial charge in [0.2, 0.25) is 6.79 Å². The van der Waals surface area contributed by atoms with Crippen LogP contribution in [0.15, 0.2) is 48.5 Å². The minimum absolute atomic E-state index is 0.216. The summed E-state index contributed by atoms with van der Waals surface area (Å²) in [5.74, 6) is 1.05. The standard InChI is InChI=1S/C19H15NO4/c21-18-14-6-1-2-7-15(14)19(22)20(18)10-4-3-5-13-8-9-16-17(11-13)24-12-23-16/h1-3,5-9,11H,4,10,12H2/b5-3+. The Kier molecular flexibility index (Phi) is 3.54. The number of hydrogen-bond acceptors (Lipinski definition) is 4. The second kappa shape index (κ2) is 5.85. The fraction of sp³-hybridized carbons (Fsp3) is 0.158. The zero-order valence-electron chi connectivity index (χ0n) is 12.9. The molecule has 0 atom stereocenters. The molecule has 2 heterocycles. The normalized spacial score (nSPS) is 15.4. The number of imide groups is 1. The van der Waals surface area contributed by atoms with Crippen LogP contribution in [0, 0.1) is 0 Å². The Bertz CT molecular complexity index is 821. The highest BCUT2D eigenvalue weighted by molar-refractivity contribution is 6.21. The first-order valence-electron chi connectivity index (χ1n) is 7.75. The summed E-state index contributed by atoms with van der Waals surface area (Å²) in [4.78, 5) is 25.8. The van der Waals surface area contributed by atoms with Gasteiger partial charge in [0.15, 0.2) is 11.5 Å². The molecule has 0 saturated carbocycles. The maximum absolute atomic E-state index is 12.2. The lowest BCUT2D eigenvalue weighted by molar-refractivity contribution is 0.0657. The van der Waals surface area contributed by atoms with Crippen molar-refractivity contribution in [2.45, 2.75) is 6.42 Å². The number of hydrogen-bond donors (Lipinski definition) is 0. The zero-order chi connectivity index (χ0) is 16.5. The van der Waals surface area contributed by atoms with Gasteiger partial charge < -0.3 is 9.47 Å². The Labute approximate surface area is 139 Å². The van der Waals surface area contributed by atoms with Gasteiger partial charge in [-0.15, -0.1) is 0 Å². The minimum atomic E-state index is -0.216. The van der Waals surface area contributed by atoms with E-state index in [0.717, 1.165) is 17.1 Å². The van der Waals surface area contributed by atoms with Crippen molar-refractivity contribution in [2.75, 3.05) is 13.3 Å². The molecule has 5 nitrogen and oxygen atoms in total. The number of rotatable bonds is 4. The summed E-state index contributed by atoms with van der Waals surface area (Å²) in [6.07, 6.45) is 4.49. The lowest BCUT2D eigenvalue weighted by atomic mass is 10.1. The van der Waals surface area contributed by atoms with Crippen molar-refractivity contribution in [3.05, 3.63) is 65.2 Å². The third-order valence-electron chi connectivity index (χ3n) is 4.10. The van der Waals surface area contributed by atoms with E-state index >= 15 is 0 Å². The van der Waals surface area contributed by atoms with Gasteiger partial charge in [-0.2, -0.15) is 0 Å². The Morgan fingerprint density at radius 2 is 1.67 bits per heavy atom. The molecule has 0 unspecified atom stereocenters. The van der Waals surface area contributed by atoms with E-state index in [1.54, 1.807) is 24.3 Å². The van der Waals surface area contributed by atoms with Crippen LogP contribution in [0.5, 0.6) is 11.5 Å². The number of amides is 2. The van der Waals surface area contributed by atoms with E-state index in [1.807, 2.05) is 30.4 Å². The maximum atomic E-state index is 12.2. The summed E-state index contributed by atoms with van der Waals surface area (Å²) >= 11 is 0. The van der Waals surface area contributed by atoms with Crippen molar-refractivity contribution in [2.24, 2.45) is 0 Å². The van der Waals surface area contributed by atoms with Crippen LogP contribution in [0.3, 0.4) is 0 Å². The van der Waals surface area contributed by atoms with Crippen molar-refractivity contribution in [3.63, 3.8) is 0 Å². The maximum Gasteiger partial charge on any atom is 0.261 e. The molecule has 120 valence electrons. The number of fused-ring (bicyclic) bond motifs is 2. The van der Waals surface area contributed by atoms with Crippen LogP contribution in [-0.4, -0.2) is 30.1 Å². The molecule has 0 bridgehead atoms. The molecule has 0 N–H and O–H groups in total. The van der Waals surface area contributed by atoms with Crippen molar-refractivity contribution in [1.82, 2.24) is 4.90 Å². The lowest BCUT2D eigenvalue weighted by Crippen LogP contribution is -2.30. The van der Waals surface area contributed by atoms with E-state index in [0.29, 0.717) is 24.1 Å². The number of carbonyl (C=O) groups is 2. The number of carbonyl (C=O) groups excluding carboxylic acids is 2. The molecule has 0 spiro atoms. The first-order valence-corrected chi connectivity index (χ1v) is 7.75. The molecule has 5 heteroatoms. The van der Waals surface area contributed by atoms with Gasteiger partial charge in [-0.05, 0) is 36.2 Å². The van der Waals surface area contributed by atoms with Gasteiger partial charge in [-0.1, -0.05) is 30.4 Å². The Morgan fingerprint density at radius 1 is 0.958 bits per heavy atom. The molecule has 0 aliphatic carbocycles. The van der Waals surface area contributed by atoms with E-state index in [1.165, 1.54) is 4.90 Å². The summed E-state index contributed by atoms with van der Waals surface area (Å²) in [5, 5.41) is 0. The van der Waals surface area contributed by atoms with E-state index < -0.39 is 0 Å². The Morgan fingerprint density at radius 3 is 2.42 bits per heavy atom.